The van der Waals surface area contributed by atoms with Crippen molar-refractivity contribution in [3.63, 3.8) is 0 Å². The van der Waals surface area contributed by atoms with Gasteiger partial charge in [-0.25, -0.2) is 9.97 Å². The van der Waals surface area contributed by atoms with Crippen LogP contribution in [0, 0.1) is 0 Å². The second kappa shape index (κ2) is 5.69. The van der Waals surface area contributed by atoms with Crippen LogP contribution in [-0.2, 0) is 6.54 Å². The van der Waals surface area contributed by atoms with Gasteiger partial charge in [0.2, 0.25) is 0 Å². The summed E-state index contributed by atoms with van der Waals surface area (Å²) in [4.78, 5) is 10.4. The van der Waals surface area contributed by atoms with Gasteiger partial charge in [0.1, 0.15) is 5.01 Å². The number of para-hydroxylation sites is 1. The Kier molecular flexibility index (Phi) is 3.76. The Balaban J connectivity index is 1.87. The van der Waals surface area contributed by atoms with E-state index >= 15 is 0 Å². The molecule has 1 aromatic carbocycles. The predicted octanol–water partition coefficient (Wildman–Crippen LogP) is 3.86. The fraction of sp³-hybridized carbons (Fsp3) is 0.250. The quantitative estimate of drug-likeness (QED) is 0.790. The van der Waals surface area contributed by atoms with Crippen molar-refractivity contribution in [2.75, 3.05) is 0 Å². The molecule has 0 spiro atoms. The van der Waals surface area contributed by atoms with Gasteiger partial charge in [0.05, 0.1) is 11.2 Å². The van der Waals surface area contributed by atoms with E-state index in [1.165, 1.54) is 4.88 Å². The van der Waals surface area contributed by atoms with E-state index < -0.39 is 0 Å². The number of rotatable bonds is 4. The van der Waals surface area contributed by atoms with Gasteiger partial charge in [-0.15, -0.1) is 11.3 Å². The van der Waals surface area contributed by atoms with Gasteiger partial charge in [-0.1, -0.05) is 38.1 Å². The van der Waals surface area contributed by atoms with E-state index in [1.807, 2.05) is 30.5 Å². The molecule has 0 unspecified atom stereocenters. The summed E-state index contributed by atoms with van der Waals surface area (Å²) < 4.78 is 0. The number of nitrogens with zero attached hydrogens (tertiary/aromatic N) is 2. The van der Waals surface area contributed by atoms with Crippen LogP contribution in [0.1, 0.15) is 18.7 Å². The summed E-state index contributed by atoms with van der Waals surface area (Å²) in [5.41, 5.74) is 1.96. The highest BCUT2D eigenvalue weighted by Crippen LogP contribution is 2.25. The van der Waals surface area contributed by atoms with Crippen LogP contribution < -0.4 is 5.32 Å². The van der Waals surface area contributed by atoms with E-state index in [9.17, 15) is 0 Å². The molecule has 0 aliphatic rings. The number of aromatic nitrogens is 2. The lowest BCUT2D eigenvalue weighted by Gasteiger charge is -2.04. The first-order valence-electron chi connectivity index (χ1n) is 6.76. The van der Waals surface area contributed by atoms with Crippen LogP contribution in [0.5, 0.6) is 0 Å². The maximum atomic E-state index is 4.68. The van der Waals surface area contributed by atoms with Crippen molar-refractivity contribution in [1.29, 1.82) is 0 Å². The molecule has 0 atom stereocenters. The minimum atomic E-state index is 0.486. The van der Waals surface area contributed by atoms with Crippen LogP contribution >= 0.6 is 11.3 Å². The molecule has 2 heterocycles. The Morgan fingerprint density at radius 1 is 1.15 bits per heavy atom. The molecule has 0 amide bonds. The fourth-order valence-electron chi connectivity index (χ4n) is 2.00. The molecular formula is C16H17N3S. The summed E-state index contributed by atoms with van der Waals surface area (Å²) in [6, 6.07) is 12.8. The maximum Gasteiger partial charge on any atom is 0.142 e. The van der Waals surface area contributed by atoms with Gasteiger partial charge >= 0.3 is 0 Å². The molecular weight excluding hydrogens is 266 g/mol. The zero-order chi connectivity index (χ0) is 13.9. The van der Waals surface area contributed by atoms with E-state index in [-0.39, 0.29) is 0 Å². The third kappa shape index (κ3) is 2.86. The van der Waals surface area contributed by atoms with Gasteiger partial charge in [0.25, 0.3) is 0 Å². The molecule has 3 aromatic rings. The monoisotopic (exact) mass is 283 g/mol. The normalized spacial score (nSPS) is 11.3. The highest BCUT2D eigenvalue weighted by Gasteiger charge is 2.07. The number of hydrogen-bond donors (Lipinski definition) is 1. The van der Waals surface area contributed by atoms with Gasteiger partial charge < -0.3 is 5.32 Å². The lowest BCUT2D eigenvalue weighted by Crippen LogP contribution is -2.21. The molecule has 20 heavy (non-hydrogen) atoms. The van der Waals surface area contributed by atoms with Crippen molar-refractivity contribution in [1.82, 2.24) is 15.3 Å². The minimum absolute atomic E-state index is 0.486. The van der Waals surface area contributed by atoms with Crippen molar-refractivity contribution in [2.24, 2.45) is 0 Å². The number of nitrogens with one attached hydrogen (secondary N) is 1. The zero-order valence-electron chi connectivity index (χ0n) is 11.6. The molecule has 2 aromatic heterocycles. The smallest absolute Gasteiger partial charge is 0.142 e. The maximum absolute atomic E-state index is 4.68. The largest absolute Gasteiger partial charge is 0.310 e. The summed E-state index contributed by atoms with van der Waals surface area (Å²) >= 11 is 1.70. The van der Waals surface area contributed by atoms with Gasteiger partial charge in [-0.2, -0.15) is 0 Å². The van der Waals surface area contributed by atoms with Crippen molar-refractivity contribution in [2.45, 2.75) is 26.4 Å². The second-order valence-corrected chi connectivity index (χ2v) is 6.17. The molecule has 0 aliphatic heterocycles. The van der Waals surface area contributed by atoms with Crippen molar-refractivity contribution >= 4 is 22.2 Å². The number of fused-ring (bicyclic) bond motifs is 1. The van der Waals surface area contributed by atoms with Crippen molar-refractivity contribution in [3.8, 4) is 10.7 Å². The Morgan fingerprint density at radius 2 is 2.00 bits per heavy atom. The first-order chi connectivity index (χ1) is 9.72. The molecule has 0 bridgehead atoms. The van der Waals surface area contributed by atoms with Crippen LogP contribution in [0.25, 0.3) is 21.6 Å². The van der Waals surface area contributed by atoms with Gasteiger partial charge in [0.15, 0.2) is 0 Å². The first kappa shape index (κ1) is 13.2. The molecule has 1 N–H and O–H groups in total. The molecule has 0 radical (unpaired) electrons. The molecule has 0 saturated carbocycles. The highest BCUT2D eigenvalue weighted by atomic mass is 32.1. The van der Waals surface area contributed by atoms with E-state index in [4.69, 9.17) is 0 Å². The number of thiazole rings is 1. The minimum Gasteiger partial charge on any atom is -0.310 e. The number of hydrogen-bond acceptors (Lipinski definition) is 4. The molecule has 0 saturated heterocycles. The first-order valence-corrected chi connectivity index (χ1v) is 7.58. The van der Waals surface area contributed by atoms with Gasteiger partial charge in [0, 0.05) is 29.0 Å². The SMILES string of the molecule is CC(C)NCc1cnc(-c2ccc3ccccc3n2)s1. The topological polar surface area (TPSA) is 37.8 Å². The Morgan fingerprint density at radius 3 is 2.85 bits per heavy atom. The Hall–Kier alpha value is -1.78. The van der Waals surface area contributed by atoms with Crippen LogP contribution in [0.3, 0.4) is 0 Å². The average Bonchev–Trinajstić information content (AvgIpc) is 2.93. The molecule has 3 rings (SSSR count). The number of pyridine rings is 1. The Bertz CT molecular complexity index is 718. The molecule has 0 fully saturated rings. The van der Waals surface area contributed by atoms with Crippen LogP contribution in [0.2, 0.25) is 0 Å². The highest BCUT2D eigenvalue weighted by molar-refractivity contribution is 7.15. The third-order valence-electron chi connectivity index (χ3n) is 3.06. The summed E-state index contributed by atoms with van der Waals surface area (Å²) in [6.45, 7) is 5.16. The third-order valence-corrected chi connectivity index (χ3v) is 4.08. The fourth-order valence-corrected chi connectivity index (χ4v) is 2.83. The zero-order valence-corrected chi connectivity index (χ0v) is 12.4. The molecule has 0 aliphatic carbocycles. The van der Waals surface area contributed by atoms with E-state index in [2.05, 4.69) is 41.3 Å². The number of benzene rings is 1. The lowest BCUT2D eigenvalue weighted by molar-refractivity contribution is 0.593. The molecule has 102 valence electrons. The standard InChI is InChI=1S/C16H17N3S/c1-11(2)17-9-13-10-18-16(20-13)15-8-7-12-5-3-4-6-14(12)19-15/h3-8,10-11,17H,9H2,1-2H3. The van der Waals surface area contributed by atoms with Crippen LogP contribution in [0.15, 0.2) is 42.6 Å². The van der Waals surface area contributed by atoms with E-state index in [0.29, 0.717) is 6.04 Å². The van der Waals surface area contributed by atoms with Gasteiger partial charge in [-0.05, 0) is 12.1 Å². The predicted molar refractivity (Wildman–Crippen MR) is 84.8 cm³/mol. The van der Waals surface area contributed by atoms with Crippen molar-refractivity contribution < 1.29 is 0 Å². The molecule has 3 nitrogen and oxygen atoms in total. The second-order valence-electron chi connectivity index (χ2n) is 5.06. The summed E-state index contributed by atoms with van der Waals surface area (Å²) in [7, 11) is 0. The van der Waals surface area contributed by atoms with Gasteiger partial charge in [-0.3, -0.25) is 0 Å². The van der Waals surface area contributed by atoms with Crippen LogP contribution in [0.4, 0.5) is 0 Å². The van der Waals surface area contributed by atoms with Crippen molar-refractivity contribution in [3.05, 3.63) is 47.5 Å². The summed E-state index contributed by atoms with van der Waals surface area (Å²) in [5.74, 6) is 0. The summed E-state index contributed by atoms with van der Waals surface area (Å²) in [6.07, 6.45) is 1.94. The Labute approximate surface area is 122 Å². The average molecular weight is 283 g/mol. The lowest BCUT2D eigenvalue weighted by atomic mass is 10.2. The van der Waals surface area contributed by atoms with E-state index in [1.54, 1.807) is 11.3 Å². The summed E-state index contributed by atoms with van der Waals surface area (Å²) in [5, 5.41) is 5.55. The molecule has 4 heteroatoms. The van der Waals surface area contributed by atoms with E-state index in [0.717, 1.165) is 28.1 Å². The van der Waals surface area contributed by atoms with Crippen LogP contribution in [-0.4, -0.2) is 16.0 Å².